The van der Waals surface area contributed by atoms with Crippen molar-refractivity contribution in [1.29, 1.82) is 0 Å². The van der Waals surface area contributed by atoms with Crippen LogP contribution < -0.4 is 4.74 Å². The zero-order valence-electron chi connectivity index (χ0n) is 9.18. The summed E-state index contributed by atoms with van der Waals surface area (Å²) in [5.74, 6) is 0.986. The van der Waals surface area contributed by atoms with Crippen molar-refractivity contribution in [1.82, 2.24) is 0 Å². The molecule has 4 nitrogen and oxygen atoms in total. The Bertz CT molecular complexity index is 527. The van der Waals surface area contributed by atoms with Gasteiger partial charge in [-0.25, -0.2) is 0 Å². The molecule has 0 bridgehead atoms. The Morgan fingerprint density at radius 2 is 2.00 bits per heavy atom. The second kappa shape index (κ2) is 5.00. The normalized spacial score (nSPS) is 23.0. The standard InChI is InChI=1S/C12H9Cl2NO3/c13-10-8-12(14,15(16)17)7-6-11(10)18-9-4-2-1-3-5-9/h1-7H,8H2/t12-/m0/s1. The molecule has 0 radical (unpaired) electrons. The molecule has 0 unspecified atom stereocenters. The first kappa shape index (κ1) is 12.9. The van der Waals surface area contributed by atoms with E-state index in [0.717, 1.165) is 0 Å². The van der Waals surface area contributed by atoms with Crippen molar-refractivity contribution >= 4 is 23.2 Å². The van der Waals surface area contributed by atoms with E-state index in [-0.39, 0.29) is 11.5 Å². The van der Waals surface area contributed by atoms with Gasteiger partial charge in [0.05, 0.1) is 11.5 Å². The fourth-order valence-electron chi connectivity index (χ4n) is 1.49. The molecular weight excluding hydrogens is 277 g/mol. The Kier molecular flexibility index (Phi) is 3.59. The number of nitrogens with zero attached hydrogens (tertiary/aromatic N) is 1. The zero-order chi connectivity index (χ0) is 13.2. The van der Waals surface area contributed by atoms with Gasteiger partial charge < -0.3 is 4.74 Å². The van der Waals surface area contributed by atoms with Gasteiger partial charge in [-0.05, 0) is 29.8 Å². The molecule has 0 fully saturated rings. The third-order valence-corrected chi connectivity index (χ3v) is 3.15. The molecule has 0 saturated carbocycles. The van der Waals surface area contributed by atoms with E-state index in [1.807, 2.05) is 18.2 Å². The van der Waals surface area contributed by atoms with Crippen molar-refractivity contribution in [2.75, 3.05) is 0 Å². The molecule has 0 N–H and O–H groups in total. The molecule has 1 atom stereocenters. The maximum atomic E-state index is 10.8. The lowest BCUT2D eigenvalue weighted by atomic mass is 10.1. The van der Waals surface area contributed by atoms with Crippen molar-refractivity contribution in [2.24, 2.45) is 0 Å². The summed E-state index contributed by atoms with van der Waals surface area (Å²) in [6.07, 6.45) is 2.61. The number of hydrogen-bond donors (Lipinski definition) is 0. The Morgan fingerprint density at radius 3 is 2.56 bits per heavy atom. The largest absolute Gasteiger partial charge is 0.456 e. The van der Waals surface area contributed by atoms with Crippen LogP contribution in [0.3, 0.4) is 0 Å². The minimum absolute atomic E-state index is 0.0955. The molecule has 18 heavy (non-hydrogen) atoms. The molecular formula is C12H9Cl2NO3. The van der Waals surface area contributed by atoms with Crippen LogP contribution in [0.15, 0.2) is 53.3 Å². The van der Waals surface area contributed by atoms with Crippen molar-refractivity contribution in [3.8, 4) is 5.75 Å². The first-order valence-electron chi connectivity index (χ1n) is 5.15. The van der Waals surface area contributed by atoms with E-state index >= 15 is 0 Å². The van der Waals surface area contributed by atoms with Gasteiger partial charge in [0.15, 0.2) is 0 Å². The summed E-state index contributed by atoms with van der Waals surface area (Å²) in [5, 5.41) is 11.0. The van der Waals surface area contributed by atoms with Crippen molar-refractivity contribution in [3.63, 3.8) is 0 Å². The molecule has 0 aliphatic heterocycles. The topological polar surface area (TPSA) is 52.4 Å². The van der Waals surface area contributed by atoms with Crippen LogP contribution >= 0.6 is 23.2 Å². The highest BCUT2D eigenvalue weighted by Crippen LogP contribution is 2.35. The molecule has 0 aromatic heterocycles. The SMILES string of the molecule is O=[N+]([O-])[C@@]1(Cl)C=CC(Oc2ccccc2)=C(Cl)C1. The summed E-state index contributed by atoms with van der Waals surface area (Å²) in [6, 6.07) is 9.02. The first-order chi connectivity index (χ1) is 8.51. The van der Waals surface area contributed by atoms with E-state index < -0.39 is 9.92 Å². The van der Waals surface area contributed by atoms with Crippen LogP contribution in [0.4, 0.5) is 0 Å². The molecule has 0 heterocycles. The highest BCUT2D eigenvalue weighted by atomic mass is 35.5. The second-order valence-electron chi connectivity index (χ2n) is 3.77. The van der Waals surface area contributed by atoms with Gasteiger partial charge in [-0.3, -0.25) is 10.1 Å². The maximum absolute atomic E-state index is 10.8. The van der Waals surface area contributed by atoms with E-state index in [4.69, 9.17) is 27.9 Å². The maximum Gasteiger partial charge on any atom is 0.318 e. The molecule has 0 amide bonds. The molecule has 0 spiro atoms. The van der Waals surface area contributed by atoms with Crippen LogP contribution in [-0.2, 0) is 0 Å². The average molecular weight is 286 g/mol. The fraction of sp³-hybridized carbons (Fsp3) is 0.167. The number of allylic oxidation sites excluding steroid dienone is 1. The third kappa shape index (κ3) is 2.66. The van der Waals surface area contributed by atoms with Crippen LogP contribution in [0, 0.1) is 10.1 Å². The number of para-hydroxylation sites is 1. The minimum Gasteiger partial charge on any atom is -0.456 e. The first-order valence-corrected chi connectivity index (χ1v) is 5.91. The Hall–Kier alpha value is -1.52. The predicted octanol–water partition coefficient (Wildman–Crippen LogP) is 3.69. The van der Waals surface area contributed by atoms with E-state index in [2.05, 4.69) is 0 Å². The zero-order valence-corrected chi connectivity index (χ0v) is 10.7. The summed E-state index contributed by atoms with van der Waals surface area (Å²) < 4.78 is 5.52. The molecule has 1 aliphatic carbocycles. The van der Waals surface area contributed by atoms with Gasteiger partial charge in [0.1, 0.15) is 11.5 Å². The van der Waals surface area contributed by atoms with Crippen LogP contribution in [-0.4, -0.2) is 9.92 Å². The fourth-order valence-corrected chi connectivity index (χ4v) is 2.06. The summed E-state index contributed by atoms with van der Waals surface area (Å²) in [4.78, 5) is 8.53. The van der Waals surface area contributed by atoms with Crippen molar-refractivity contribution in [2.45, 2.75) is 11.4 Å². The lowest BCUT2D eigenvalue weighted by Gasteiger charge is -2.20. The Balaban J connectivity index is 2.18. The van der Waals surface area contributed by atoms with Crippen LogP contribution in [0.1, 0.15) is 6.42 Å². The van der Waals surface area contributed by atoms with E-state index in [1.165, 1.54) is 12.2 Å². The lowest BCUT2D eigenvalue weighted by Crippen LogP contribution is -2.31. The van der Waals surface area contributed by atoms with E-state index in [1.54, 1.807) is 12.1 Å². The summed E-state index contributed by atoms with van der Waals surface area (Å²) in [6.45, 7) is 0. The summed E-state index contributed by atoms with van der Waals surface area (Å²) >= 11 is 11.8. The molecule has 6 heteroatoms. The number of hydrogen-bond acceptors (Lipinski definition) is 3. The minimum atomic E-state index is -1.68. The van der Waals surface area contributed by atoms with E-state index in [0.29, 0.717) is 11.5 Å². The lowest BCUT2D eigenvalue weighted by molar-refractivity contribution is -0.527. The highest BCUT2D eigenvalue weighted by molar-refractivity contribution is 6.32. The number of rotatable bonds is 3. The monoisotopic (exact) mass is 285 g/mol. The van der Waals surface area contributed by atoms with Gasteiger partial charge in [0, 0.05) is 11.0 Å². The Morgan fingerprint density at radius 1 is 1.33 bits per heavy atom. The third-order valence-electron chi connectivity index (χ3n) is 2.44. The average Bonchev–Trinajstić information content (AvgIpc) is 2.34. The highest BCUT2D eigenvalue weighted by Gasteiger charge is 2.41. The number of ether oxygens (including phenoxy) is 1. The molecule has 1 aromatic rings. The van der Waals surface area contributed by atoms with Gasteiger partial charge in [-0.15, -0.1) is 0 Å². The van der Waals surface area contributed by atoms with E-state index in [9.17, 15) is 10.1 Å². The van der Waals surface area contributed by atoms with Gasteiger partial charge in [-0.2, -0.15) is 0 Å². The predicted molar refractivity (Wildman–Crippen MR) is 69.3 cm³/mol. The Labute approximate surface area is 114 Å². The number of benzene rings is 1. The summed E-state index contributed by atoms with van der Waals surface area (Å²) in [5.41, 5.74) is 0. The van der Waals surface area contributed by atoms with Crippen LogP contribution in [0.5, 0.6) is 5.75 Å². The van der Waals surface area contributed by atoms with Crippen molar-refractivity contribution in [3.05, 3.63) is 63.4 Å². The number of alkyl halides is 1. The van der Waals surface area contributed by atoms with Gasteiger partial charge >= 0.3 is 5.00 Å². The summed E-state index contributed by atoms with van der Waals surface area (Å²) in [7, 11) is 0. The number of nitro groups is 1. The van der Waals surface area contributed by atoms with Crippen molar-refractivity contribution < 1.29 is 9.66 Å². The molecule has 1 aromatic carbocycles. The van der Waals surface area contributed by atoms with Gasteiger partial charge in [-0.1, -0.05) is 29.8 Å². The molecule has 2 rings (SSSR count). The molecule has 94 valence electrons. The van der Waals surface area contributed by atoms with Crippen LogP contribution in [0.2, 0.25) is 0 Å². The van der Waals surface area contributed by atoms with Gasteiger partial charge in [0.2, 0.25) is 0 Å². The van der Waals surface area contributed by atoms with Gasteiger partial charge in [0.25, 0.3) is 0 Å². The molecule has 0 saturated heterocycles. The van der Waals surface area contributed by atoms with Crippen LogP contribution in [0.25, 0.3) is 0 Å². The molecule has 1 aliphatic rings. The smallest absolute Gasteiger partial charge is 0.318 e. The second-order valence-corrected chi connectivity index (χ2v) is 4.88. The quantitative estimate of drug-likeness (QED) is 0.368. The number of halogens is 2.